The molecule has 31 heavy (non-hydrogen) atoms. The predicted molar refractivity (Wildman–Crippen MR) is 123 cm³/mol. The summed E-state index contributed by atoms with van der Waals surface area (Å²) >= 11 is 0. The first-order valence-corrected chi connectivity index (χ1v) is 12.4. The Labute approximate surface area is 186 Å². The first-order valence-electron chi connectivity index (χ1n) is 12.4. The van der Waals surface area contributed by atoms with Crippen LogP contribution in [0.3, 0.4) is 0 Å². The van der Waals surface area contributed by atoms with Crippen LogP contribution in [0.1, 0.15) is 52.4 Å². The Morgan fingerprint density at radius 2 is 1.81 bits per heavy atom. The fourth-order valence-corrected chi connectivity index (χ4v) is 5.92. The van der Waals surface area contributed by atoms with Crippen molar-refractivity contribution < 1.29 is 9.59 Å². The first kappa shape index (κ1) is 22.3. The van der Waals surface area contributed by atoms with E-state index in [0.717, 1.165) is 37.9 Å². The Kier molecular flexibility index (Phi) is 7.31. The summed E-state index contributed by atoms with van der Waals surface area (Å²) < 4.78 is 0. The highest BCUT2D eigenvalue weighted by molar-refractivity contribution is 6.06. The van der Waals surface area contributed by atoms with Gasteiger partial charge in [-0.3, -0.25) is 19.5 Å². The van der Waals surface area contributed by atoms with Crippen LogP contribution in [0.5, 0.6) is 0 Å². The lowest BCUT2D eigenvalue weighted by atomic mass is 9.85. The van der Waals surface area contributed by atoms with Gasteiger partial charge < -0.3 is 15.5 Å². The monoisotopic (exact) mass is 429 g/mol. The topological polar surface area (TPSA) is 77.0 Å². The molecule has 0 aromatic rings. The lowest BCUT2D eigenvalue weighted by Crippen LogP contribution is -2.43. The third-order valence-corrected chi connectivity index (χ3v) is 7.60. The summed E-state index contributed by atoms with van der Waals surface area (Å²) in [7, 11) is 0. The van der Waals surface area contributed by atoms with E-state index in [1.165, 1.54) is 43.7 Å². The van der Waals surface area contributed by atoms with Gasteiger partial charge in [-0.2, -0.15) is 0 Å². The Bertz CT molecular complexity index is 691. The highest BCUT2D eigenvalue weighted by atomic mass is 16.2. The Hall–Kier alpha value is -1.89. The Morgan fingerprint density at radius 1 is 1.06 bits per heavy atom. The van der Waals surface area contributed by atoms with Gasteiger partial charge in [0.2, 0.25) is 11.8 Å². The van der Waals surface area contributed by atoms with Crippen LogP contribution in [0.2, 0.25) is 0 Å². The molecule has 0 aromatic heterocycles. The summed E-state index contributed by atoms with van der Waals surface area (Å²) in [6, 6.07) is 0.720. The van der Waals surface area contributed by atoms with E-state index in [9.17, 15) is 9.59 Å². The average molecular weight is 430 g/mol. The highest BCUT2D eigenvalue weighted by Gasteiger charge is 2.58. The smallest absolute Gasteiger partial charge is 0.233 e. The molecule has 4 rings (SSSR count). The molecule has 5 unspecified atom stereocenters. The van der Waals surface area contributed by atoms with Crippen LogP contribution < -0.4 is 10.6 Å². The minimum absolute atomic E-state index is 0.0301. The molecule has 7 heteroatoms. The molecule has 172 valence electrons. The van der Waals surface area contributed by atoms with Crippen LogP contribution in [0.15, 0.2) is 17.1 Å². The zero-order chi connectivity index (χ0) is 21.8. The van der Waals surface area contributed by atoms with Crippen LogP contribution in [0.4, 0.5) is 0 Å². The highest BCUT2D eigenvalue weighted by Crippen LogP contribution is 2.52. The van der Waals surface area contributed by atoms with Gasteiger partial charge in [0, 0.05) is 32.2 Å². The van der Waals surface area contributed by atoms with E-state index in [1.807, 2.05) is 6.92 Å². The number of likely N-dealkylation sites (tertiary alicyclic amines) is 2. The minimum Gasteiger partial charge on any atom is -0.357 e. The number of nitrogens with zero attached hydrogens (tertiary/aromatic N) is 3. The summed E-state index contributed by atoms with van der Waals surface area (Å²) in [5.41, 5.74) is 0. The number of nitrogens with one attached hydrogen (secondary N) is 2. The summed E-state index contributed by atoms with van der Waals surface area (Å²) in [5.74, 6) is 1.17. The van der Waals surface area contributed by atoms with Crippen molar-refractivity contribution in [2.75, 3.05) is 39.3 Å². The van der Waals surface area contributed by atoms with Crippen molar-refractivity contribution in [1.29, 1.82) is 0 Å². The summed E-state index contributed by atoms with van der Waals surface area (Å²) in [5, 5.41) is 6.58. The molecule has 2 aliphatic heterocycles. The summed E-state index contributed by atoms with van der Waals surface area (Å²) in [4.78, 5) is 34.3. The van der Waals surface area contributed by atoms with Crippen molar-refractivity contribution in [3.05, 3.63) is 12.2 Å². The number of fused-ring (bicyclic) bond motifs is 5. The third kappa shape index (κ3) is 4.81. The van der Waals surface area contributed by atoms with Crippen molar-refractivity contribution >= 4 is 17.8 Å². The molecule has 4 aliphatic rings. The number of guanidine groups is 1. The predicted octanol–water partition coefficient (Wildman–Crippen LogP) is 2.00. The van der Waals surface area contributed by atoms with E-state index < -0.39 is 0 Å². The van der Waals surface area contributed by atoms with Crippen LogP contribution in [0, 0.1) is 23.7 Å². The van der Waals surface area contributed by atoms with E-state index in [1.54, 1.807) is 0 Å². The van der Waals surface area contributed by atoms with E-state index in [0.29, 0.717) is 13.1 Å². The molecule has 2 heterocycles. The van der Waals surface area contributed by atoms with Crippen molar-refractivity contribution in [1.82, 2.24) is 20.4 Å². The van der Waals surface area contributed by atoms with Gasteiger partial charge in [0.05, 0.1) is 11.8 Å². The number of carbonyl (C=O) groups is 2. The minimum atomic E-state index is -0.105. The number of imide groups is 1. The van der Waals surface area contributed by atoms with E-state index in [2.05, 4.69) is 39.6 Å². The normalized spacial score (nSPS) is 32.8. The van der Waals surface area contributed by atoms with E-state index in [4.69, 9.17) is 0 Å². The van der Waals surface area contributed by atoms with Crippen LogP contribution in [0.25, 0.3) is 0 Å². The van der Waals surface area contributed by atoms with Gasteiger partial charge in [0.1, 0.15) is 0 Å². The van der Waals surface area contributed by atoms with Gasteiger partial charge in [-0.05, 0) is 70.9 Å². The molecule has 2 aliphatic carbocycles. The molecular formula is C24H39N5O2. The SMILES string of the molecule is CCNC(=NCCCCN1CCCCC1C)NCCN1C(=O)C2C3C=CC(C3)C2C1=O. The number of aliphatic imine (C=N–C) groups is 1. The van der Waals surface area contributed by atoms with Gasteiger partial charge in [-0.1, -0.05) is 18.6 Å². The second-order valence-electron chi connectivity index (χ2n) is 9.60. The standard InChI is InChI=1S/C24H39N5O2/c1-3-25-24(26-11-5-7-14-28-13-6-4-8-17(28)2)27-12-15-29-22(30)20-18-9-10-19(16-18)21(20)23(29)31/h9-10,17-21H,3-8,11-16H2,1-2H3,(H2,25,26,27). The quantitative estimate of drug-likeness (QED) is 0.193. The number of rotatable bonds is 9. The van der Waals surface area contributed by atoms with Crippen LogP contribution in [-0.4, -0.2) is 72.9 Å². The number of hydrogen-bond donors (Lipinski definition) is 2. The molecular weight excluding hydrogens is 390 g/mol. The molecule has 2 amide bonds. The molecule has 3 fully saturated rings. The molecule has 7 nitrogen and oxygen atoms in total. The van der Waals surface area contributed by atoms with E-state index >= 15 is 0 Å². The van der Waals surface area contributed by atoms with E-state index in [-0.39, 0.29) is 35.5 Å². The first-order chi connectivity index (χ1) is 15.1. The van der Waals surface area contributed by atoms with Gasteiger partial charge in [0.25, 0.3) is 0 Å². The Balaban J connectivity index is 1.18. The molecule has 0 radical (unpaired) electrons. The lowest BCUT2D eigenvalue weighted by Gasteiger charge is -2.33. The van der Waals surface area contributed by atoms with Crippen molar-refractivity contribution in [2.24, 2.45) is 28.7 Å². The maximum absolute atomic E-state index is 12.8. The summed E-state index contributed by atoms with van der Waals surface area (Å²) in [6.45, 7) is 9.33. The van der Waals surface area contributed by atoms with Gasteiger partial charge in [0.15, 0.2) is 5.96 Å². The molecule has 2 N–H and O–H groups in total. The number of amides is 2. The number of piperidine rings is 1. The fourth-order valence-electron chi connectivity index (χ4n) is 5.92. The Morgan fingerprint density at radius 3 is 2.48 bits per heavy atom. The van der Waals surface area contributed by atoms with Crippen molar-refractivity contribution in [3.63, 3.8) is 0 Å². The number of hydrogen-bond acceptors (Lipinski definition) is 4. The molecule has 2 bridgehead atoms. The largest absolute Gasteiger partial charge is 0.357 e. The second-order valence-corrected chi connectivity index (χ2v) is 9.60. The number of unbranched alkanes of at least 4 members (excludes halogenated alkanes) is 1. The average Bonchev–Trinajstić information content (AvgIpc) is 3.44. The van der Waals surface area contributed by atoms with Crippen LogP contribution in [-0.2, 0) is 9.59 Å². The maximum atomic E-state index is 12.8. The van der Waals surface area contributed by atoms with Crippen LogP contribution >= 0.6 is 0 Å². The number of allylic oxidation sites excluding steroid dienone is 2. The molecule has 0 aromatic carbocycles. The second kappa shape index (κ2) is 10.2. The molecule has 2 saturated heterocycles. The molecule has 1 saturated carbocycles. The fraction of sp³-hybridized carbons (Fsp3) is 0.792. The zero-order valence-electron chi connectivity index (χ0n) is 19.2. The molecule has 0 spiro atoms. The van der Waals surface area contributed by atoms with Gasteiger partial charge in [-0.15, -0.1) is 0 Å². The zero-order valence-corrected chi connectivity index (χ0v) is 19.2. The maximum Gasteiger partial charge on any atom is 0.233 e. The third-order valence-electron chi connectivity index (χ3n) is 7.60. The summed E-state index contributed by atoms with van der Waals surface area (Å²) in [6.07, 6.45) is 11.5. The number of carbonyl (C=O) groups excluding carboxylic acids is 2. The molecule has 5 atom stereocenters. The lowest BCUT2D eigenvalue weighted by molar-refractivity contribution is -0.140. The van der Waals surface area contributed by atoms with Crippen molar-refractivity contribution in [3.8, 4) is 0 Å². The van der Waals surface area contributed by atoms with Gasteiger partial charge in [-0.25, -0.2) is 0 Å². The van der Waals surface area contributed by atoms with Gasteiger partial charge >= 0.3 is 0 Å². The van der Waals surface area contributed by atoms with Crippen molar-refractivity contribution in [2.45, 2.75) is 58.4 Å².